The number of allylic oxidation sites excluding steroid dienone is 1. The second kappa shape index (κ2) is 8.28. The van der Waals surface area contributed by atoms with Crippen LogP contribution >= 0.6 is 0 Å². The Morgan fingerprint density at radius 2 is 2.00 bits per heavy atom. The molecule has 134 valence electrons. The summed E-state index contributed by atoms with van der Waals surface area (Å²) in [6.07, 6.45) is 2.45. The molecule has 0 spiro atoms. The minimum Gasteiger partial charge on any atom is -0.272 e. The average molecular weight is 349 g/mol. The number of nitrogens with zero attached hydrogens (tertiary/aromatic N) is 2. The lowest BCUT2D eigenvalue weighted by molar-refractivity contribution is -0.384. The fourth-order valence-corrected chi connectivity index (χ4v) is 2.55. The first-order valence-corrected chi connectivity index (χ1v) is 8.32. The average Bonchev–Trinajstić information content (AvgIpc) is 2.61. The third-order valence-electron chi connectivity index (χ3n) is 4.14. The predicted octanol–water partition coefficient (Wildman–Crippen LogP) is 5.28. The van der Waals surface area contributed by atoms with Crippen LogP contribution in [0.2, 0.25) is 0 Å². The number of aryl methyl sites for hydroxylation is 1. The van der Waals surface area contributed by atoms with E-state index in [1.165, 1.54) is 11.6 Å². The zero-order chi connectivity index (χ0) is 19.2. The smallest absolute Gasteiger partial charge is 0.272 e. The summed E-state index contributed by atoms with van der Waals surface area (Å²) < 4.78 is 0. The van der Waals surface area contributed by atoms with Crippen molar-refractivity contribution in [1.29, 1.82) is 0 Å². The lowest BCUT2D eigenvalue weighted by Gasteiger charge is -2.22. The normalized spacial score (nSPS) is 11.2. The lowest BCUT2D eigenvalue weighted by atomic mass is 9.82. The van der Waals surface area contributed by atoms with Gasteiger partial charge in [0.15, 0.2) is 0 Å². The number of hydrogen-bond donors (Lipinski definition) is 1. The van der Waals surface area contributed by atoms with E-state index in [4.69, 9.17) is 0 Å². The number of anilines is 1. The summed E-state index contributed by atoms with van der Waals surface area (Å²) in [4.78, 5) is 10.8. The molecule has 0 heterocycles. The van der Waals surface area contributed by atoms with Crippen LogP contribution in [0.15, 0.2) is 71.5 Å². The SMILES string of the molecule is C=C=C(Cc1ccccc1)C(C)(C)/C=N/Nc1ccc(C)cc1[N+](=O)[O-]. The van der Waals surface area contributed by atoms with Crippen molar-refractivity contribution in [3.63, 3.8) is 0 Å². The van der Waals surface area contributed by atoms with Crippen molar-refractivity contribution in [2.75, 3.05) is 5.43 Å². The molecule has 0 bridgehead atoms. The Labute approximate surface area is 153 Å². The van der Waals surface area contributed by atoms with E-state index in [-0.39, 0.29) is 5.69 Å². The molecule has 0 aliphatic rings. The van der Waals surface area contributed by atoms with Gasteiger partial charge in [-0.2, -0.15) is 5.10 Å². The Bertz CT molecular complexity index is 864. The van der Waals surface area contributed by atoms with Crippen LogP contribution in [-0.2, 0) is 6.42 Å². The minimum absolute atomic E-state index is 0.00345. The second-order valence-electron chi connectivity index (χ2n) is 6.69. The molecule has 2 rings (SSSR count). The first-order chi connectivity index (χ1) is 12.3. The summed E-state index contributed by atoms with van der Waals surface area (Å²) in [5.74, 6) is 0. The van der Waals surface area contributed by atoms with Crippen molar-refractivity contribution in [3.05, 3.63) is 87.7 Å². The highest BCUT2D eigenvalue weighted by molar-refractivity contribution is 5.72. The number of nitro groups is 1. The Morgan fingerprint density at radius 1 is 1.31 bits per heavy atom. The molecule has 0 atom stereocenters. The van der Waals surface area contributed by atoms with Gasteiger partial charge in [-0.25, -0.2) is 0 Å². The highest BCUT2D eigenvalue weighted by Gasteiger charge is 2.21. The van der Waals surface area contributed by atoms with Crippen LogP contribution in [0.3, 0.4) is 0 Å². The zero-order valence-electron chi connectivity index (χ0n) is 15.3. The van der Waals surface area contributed by atoms with Gasteiger partial charge in [0.25, 0.3) is 5.69 Å². The molecular formula is C21H23N3O2. The van der Waals surface area contributed by atoms with Crippen molar-refractivity contribution in [1.82, 2.24) is 0 Å². The fraction of sp³-hybridized carbons (Fsp3) is 0.238. The molecule has 0 saturated heterocycles. The Hall–Kier alpha value is -3.17. The highest BCUT2D eigenvalue weighted by atomic mass is 16.6. The predicted molar refractivity (Wildman–Crippen MR) is 107 cm³/mol. The first-order valence-electron chi connectivity index (χ1n) is 8.32. The number of nitrogens with one attached hydrogen (secondary N) is 1. The van der Waals surface area contributed by atoms with E-state index in [0.717, 1.165) is 11.1 Å². The van der Waals surface area contributed by atoms with Crippen molar-refractivity contribution in [3.8, 4) is 0 Å². The van der Waals surface area contributed by atoms with Crippen LogP contribution in [0.5, 0.6) is 0 Å². The van der Waals surface area contributed by atoms with E-state index >= 15 is 0 Å². The molecule has 1 N–H and O–H groups in total. The first kappa shape index (κ1) is 19.2. The summed E-state index contributed by atoms with van der Waals surface area (Å²) in [7, 11) is 0. The molecule has 0 amide bonds. The van der Waals surface area contributed by atoms with E-state index < -0.39 is 10.3 Å². The molecule has 0 aromatic heterocycles. The van der Waals surface area contributed by atoms with Gasteiger partial charge in [0.05, 0.1) is 4.92 Å². The molecule has 0 aliphatic heterocycles. The summed E-state index contributed by atoms with van der Waals surface area (Å²) in [5.41, 5.74) is 8.76. The van der Waals surface area contributed by atoms with Gasteiger partial charge in [-0.15, -0.1) is 5.73 Å². The summed E-state index contributed by atoms with van der Waals surface area (Å²) in [6.45, 7) is 9.64. The molecule has 0 saturated carbocycles. The number of hydrogen-bond acceptors (Lipinski definition) is 4. The van der Waals surface area contributed by atoms with Gasteiger partial charge in [0.1, 0.15) is 5.69 Å². The van der Waals surface area contributed by atoms with Gasteiger partial charge in [0, 0.05) is 24.1 Å². The Morgan fingerprint density at radius 3 is 2.62 bits per heavy atom. The van der Waals surface area contributed by atoms with Gasteiger partial charge in [-0.1, -0.05) is 56.8 Å². The quantitative estimate of drug-likeness (QED) is 0.320. The van der Waals surface area contributed by atoms with Crippen LogP contribution in [0.4, 0.5) is 11.4 Å². The van der Waals surface area contributed by atoms with Crippen LogP contribution in [0.1, 0.15) is 25.0 Å². The van der Waals surface area contributed by atoms with Crippen molar-refractivity contribution in [2.24, 2.45) is 10.5 Å². The monoisotopic (exact) mass is 349 g/mol. The summed E-state index contributed by atoms with van der Waals surface area (Å²) in [6, 6.07) is 15.1. The van der Waals surface area contributed by atoms with Crippen LogP contribution in [-0.4, -0.2) is 11.1 Å². The van der Waals surface area contributed by atoms with E-state index in [0.29, 0.717) is 12.1 Å². The maximum absolute atomic E-state index is 11.2. The van der Waals surface area contributed by atoms with E-state index in [9.17, 15) is 10.1 Å². The lowest BCUT2D eigenvalue weighted by Crippen LogP contribution is -2.18. The molecule has 5 nitrogen and oxygen atoms in total. The number of benzene rings is 2. The minimum atomic E-state index is -0.416. The third kappa shape index (κ3) is 4.91. The maximum atomic E-state index is 11.2. The van der Waals surface area contributed by atoms with Gasteiger partial charge >= 0.3 is 0 Å². The van der Waals surface area contributed by atoms with Crippen LogP contribution in [0, 0.1) is 22.5 Å². The zero-order valence-corrected chi connectivity index (χ0v) is 15.3. The van der Waals surface area contributed by atoms with Gasteiger partial charge < -0.3 is 0 Å². The molecule has 2 aromatic rings. The highest BCUT2D eigenvalue weighted by Crippen LogP contribution is 2.28. The standard InChI is InChI=1S/C21H23N3O2/c1-5-18(14-17-9-7-6-8-10-17)21(3,4)15-22-23-19-12-11-16(2)13-20(19)24(25)26/h6-13,15,23H,1,14H2,2-4H3/b22-15+. The largest absolute Gasteiger partial charge is 0.294 e. The summed E-state index contributed by atoms with van der Waals surface area (Å²) >= 11 is 0. The third-order valence-corrected chi connectivity index (χ3v) is 4.14. The number of rotatable bonds is 7. The molecule has 5 heteroatoms. The molecule has 0 unspecified atom stereocenters. The van der Waals surface area contributed by atoms with Crippen molar-refractivity contribution >= 4 is 17.6 Å². The van der Waals surface area contributed by atoms with Crippen LogP contribution < -0.4 is 5.43 Å². The van der Waals surface area contributed by atoms with Crippen molar-refractivity contribution < 1.29 is 4.92 Å². The molecule has 0 radical (unpaired) electrons. The van der Waals surface area contributed by atoms with Gasteiger partial charge in [0.2, 0.25) is 0 Å². The molecule has 0 aliphatic carbocycles. The van der Waals surface area contributed by atoms with E-state index in [1.54, 1.807) is 18.3 Å². The number of nitro benzene ring substituents is 1. The van der Waals surface area contributed by atoms with E-state index in [2.05, 4.69) is 35.0 Å². The molecule has 26 heavy (non-hydrogen) atoms. The van der Waals surface area contributed by atoms with Gasteiger partial charge in [-0.05, 0) is 29.7 Å². The summed E-state index contributed by atoms with van der Waals surface area (Å²) in [5, 5.41) is 15.4. The maximum Gasteiger partial charge on any atom is 0.294 e. The van der Waals surface area contributed by atoms with E-state index in [1.807, 2.05) is 39.0 Å². The fourth-order valence-electron chi connectivity index (χ4n) is 2.55. The molecule has 2 aromatic carbocycles. The van der Waals surface area contributed by atoms with Gasteiger partial charge in [-0.3, -0.25) is 15.5 Å². The number of hydrazone groups is 1. The topological polar surface area (TPSA) is 67.5 Å². The Kier molecular flexibility index (Phi) is 6.10. The van der Waals surface area contributed by atoms with Crippen LogP contribution in [0.25, 0.3) is 0 Å². The van der Waals surface area contributed by atoms with Crippen molar-refractivity contribution in [2.45, 2.75) is 27.2 Å². The second-order valence-corrected chi connectivity index (χ2v) is 6.69. The Balaban J connectivity index is 2.15. The molecule has 0 fully saturated rings. The molecular weight excluding hydrogens is 326 g/mol.